The summed E-state index contributed by atoms with van der Waals surface area (Å²) in [6.07, 6.45) is 5.26. The molecule has 2 aromatic heterocycles. The van der Waals surface area contributed by atoms with Gasteiger partial charge in [0.25, 0.3) is 5.91 Å². The molecule has 2 aromatic rings. The van der Waals surface area contributed by atoms with Crippen LogP contribution in [-0.2, 0) is 5.41 Å². The number of aryl methyl sites for hydroxylation is 1. The first-order valence-electron chi connectivity index (χ1n) is 7.38. The minimum absolute atomic E-state index is 0.210. The molecule has 0 aromatic carbocycles. The number of hydrogen-bond donors (Lipinski definition) is 2. The predicted molar refractivity (Wildman–Crippen MR) is 82.7 cm³/mol. The van der Waals surface area contributed by atoms with Crippen LogP contribution >= 0.6 is 0 Å². The Hall–Kier alpha value is -2.44. The van der Waals surface area contributed by atoms with Gasteiger partial charge in [-0.2, -0.15) is 5.10 Å². The summed E-state index contributed by atoms with van der Waals surface area (Å²) in [6.45, 7) is 5.71. The molecule has 0 radical (unpaired) electrons. The van der Waals surface area contributed by atoms with Gasteiger partial charge in [-0.1, -0.05) is 6.92 Å². The van der Waals surface area contributed by atoms with Crippen molar-refractivity contribution in [2.75, 3.05) is 18.0 Å². The number of nitrogens with zero attached hydrogens (tertiary/aromatic N) is 4. The molecule has 0 saturated carbocycles. The van der Waals surface area contributed by atoms with E-state index >= 15 is 0 Å². The highest BCUT2D eigenvalue weighted by Crippen LogP contribution is 2.35. The van der Waals surface area contributed by atoms with E-state index in [0.29, 0.717) is 5.56 Å². The summed E-state index contributed by atoms with van der Waals surface area (Å²) in [7, 11) is 0. The maximum atomic E-state index is 11.6. The van der Waals surface area contributed by atoms with E-state index in [4.69, 9.17) is 5.73 Å². The molecule has 3 rings (SSSR count). The standard InChI is InChI=1S/C15H20N6O/c1-10-17-6-4-12(19-10)21-7-3-5-15(2,9-21)13-11(14(16)22)8-18-20-13/h4,6,8H,3,5,7,9H2,1-2H3,(H2,16,22)(H,18,20). The second-order valence-electron chi connectivity index (χ2n) is 6.07. The van der Waals surface area contributed by atoms with Gasteiger partial charge in [0.05, 0.1) is 17.5 Å². The van der Waals surface area contributed by atoms with Gasteiger partial charge in [0.2, 0.25) is 0 Å². The van der Waals surface area contributed by atoms with Crippen molar-refractivity contribution in [1.29, 1.82) is 0 Å². The van der Waals surface area contributed by atoms with Crippen LogP contribution in [0.1, 0.15) is 41.6 Å². The summed E-state index contributed by atoms with van der Waals surface area (Å²) in [4.78, 5) is 22.5. The molecule has 22 heavy (non-hydrogen) atoms. The van der Waals surface area contributed by atoms with Crippen molar-refractivity contribution in [3.8, 4) is 0 Å². The lowest BCUT2D eigenvalue weighted by molar-refractivity contribution is 0.0997. The summed E-state index contributed by atoms with van der Waals surface area (Å²) < 4.78 is 0. The summed E-state index contributed by atoms with van der Waals surface area (Å²) in [5.41, 5.74) is 6.54. The average molecular weight is 300 g/mol. The van der Waals surface area contributed by atoms with Gasteiger partial charge in [-0.25, -0.2) is 9.97 Å². The molecule has 0 aliphatic carbocycles. The number of carbonyl (C=O) groups is 1. The molecule has 1 aliphatic heterocycles. The van der Waals surface area contributed by atoms with E-state index in [0.717, 1.165) is 43.3 Å². The molecule has 3 heterocycles. The second kappa shape index (κ2) is 5.40. The van der Waals surface area contributed by atoms with E-state index < -0.39 is 5.91 Å². The van der Waals surface area contributed by atoms with Gasteiger partial charge in [0.1, 0.15) is 11.6 Å². The molecule has 0 spiro atoms. The molecular formula is C15H20N6O. The highest BCUT2D eigenvalue weighted by Gasteiger charge is 2.37. The third kappa shape index (κ3) is 2.54. The molecule has 7 heteroatoms. The molecule has 1 saturated heterocycles. The van der Waals surface area contributed by atoms with Crippen molar-refractivity contribution < 1.29 is 4.79 Å². The van der Waals surface area contributed by atoms with Crippen LogP contribution in [0.2, 0.25) is 0 Å². The number of hydrogen-bond acceptors (Lipinski definition) is 5. The third-order valence-corrected chi connectivity index (χ3v) is 4.29. The molecule has 1 aliphatic rings. The van der Waals surface area contributed by atoms with Gasteiger partial charge in [0, 0.05) is 24.7 Å². The monoisotopic (exact) mass is 300 g/mol. The van der Waals surface area contributed by atoms with Gasteiger partial charge in [-0.3, -0.25) is 9.89 Å². The van der Waals surface area contributed by atoms with Crippen LogP contribution in [-0.4, -0.2) is 39.2 Å². The normalized spacial score (nSPS) is 21.8. The molecule has 0 bridgehead atoms. The minimum atomic E-state index is -0.444. The molecule has 7 nitrogen and oxygen atoms in total. The van der Waals surface area contributed by atoms with Gasteiger partial charge in [-0.05, 0) is 25.8 Å². The third-order valence-electron chi connectivity index (χ3n) is 4.29. The fraction of sp³-hybridized carbons (Fsp3) is 0.467. The zero-order valence-corrected chi connectivity index (χ0v) is 12.8. The second-order valence-corrected chi connectivity index (χ2v) is 6.07. The smallest absolute Gasteiger partial charge is 0.252 e. The first-order valence-corrected chi connectivity index (χ1v) is 7.38. The highest BCUT2D eigenvalue weighted by molar-refractivity contribution is 5.94. The number of aromatic amines is 1. The fourth-order valence-electron chi connectivity index (χ4n) is 3.19. The SMILES string of the molecule is Cc1nccc(N2CCCC(C)(c3[nH]ncc3C(N)=O)C2)n1. The van der Waals surface area contributed by atoms with Crippen molar-refractivity contribution in [2.24, 2.45) is 5.73 Å². The first-order chi connectivity index (χ1) is 10.5. The Bertz CT molecular complexity index is 697. The van der Waals surface area contributed by atoms with Crippen molar-refractivity contribution in [1.82, 2.24) is 20.2 Å². The number of H-pyrrole nitrogens is 1. The Morgan fingerprint density at radius 2 is 2.32 bits per heavy atom. The Labute approximate surface area is 129 Å². The van der Waals surface area contributed by atoms with E-state index in [-0.39, 0.29) is 5.41 Å². The molecule has 116 valence electrons. The maximum Gasteiger partial charge on any atom is 0.252 e. The van der Waals surface area contributed by atoms with E-state index in [1.165, 1.54) is 6.20 Å². The van der Waals surface area contributed by atoms with Gasteiger partial charge >= 0.3 is 0 Å². The van der Waals surface area contributed by atoms with Crippen LogP contribution < -0.4 is 10.6 Å². The van der Waals surface area contributed by atoms with Crippen LogP contribution in [0, 0.1) is 6.92 Å². The summed E-state index contributed by atoms with van der Waals surface area (Å²) in [5.74, 6) is 1.22. The maximum absolute atomic E-state index is 11.6. The molecular weight excluding hydrogens is 280 g/mol. The van der Waals surface area contributed by atoms with Crippen LogP contribution in [0.25, 0.3) is 0 Å². The molecule has 3 N–H and O–H groups in total. The summed E-state index contributed by atoms with van der Waals surface area (Å²) in [6, 6.07) is 1.92. The largest absolute Gasteiger partial charge is 0.365 e. The van der Waals surface area contributed by atoms with Crippen molar-refractivity contribution in [3.63, 3.8) is 0 Å². The van der Waals surface area contributed by atoms with Crippen molar-refractivity contribution in [3.05, 3.63) is 35.5 Å². The molecule has 1 amide bonds. The summed E-state index contributed by atoms with van der Waals surface area (Å²) in [5, 5.41) is 6.98. The minimum Gasteiger partial charge on any atom is -0.365 e. The number of nitrogens with two attached hydrogens (primary N) is 1. The number of aromatic nitrogens is 4. The average Bonchev–Trinajstić information content (AvgIpc) is 2.98. The van der Waals surface area contributed by atoms with Crippen molar-refractivity contribution >= 4 is 11.7 Å². The highest BCUT2D eigenvalue weighted by atomic mass is 16.1. The Balaban J connectivity index is 1.91. The number of nitrogens with one attached hydrogen (secondary N) is 1. The van der Waals surface area contributed by atoms with E-state index in [1.54, 1.807) is 6.20 Å². The van der Waals surface area contributed by atoms with Crippen LogP contribution in [0.3, 0.4) is 0 Å². The van der Waals surface area contributed by atoms with E-state index in [1.807, 2.05) is 13.0 Å². The zero-order valence-electron chi connectivity index (χ0n) is 12.8. The molecule has 1 unspecified atom stereocenters. The van der Waals surface area contributed by atoms with Gasteiger partial charge in [0.15, 0.2) is 0 Å². The predicted octanol–water partition coefficient (Wildman–Crippen LogP) is 1.17. The number of amides is 1. The number of piperidine rings is 1. The van der Waals surface area contributed by atoms with Crippen LogP contribution in [0.15, 0.2) is 18.5 Å². The van der Waals surface area contributed by atoms with Gasteiger partial charge < -0.3 is 10.6 Å². The van der Waals surface area contributed by atoms with Gasteiger partial charge in [-0.15, -0.1) is 0 Å². The Kier molecular flexibility index (Phi) is 3.56. The Morgan fingerprint density at radius 1 is 1.50 bits per heavy atom. The van der Waals surface area contributed by atoms with Crippen molar-refractivity contribution in [2.45, 2.75) is 32.1 Å². The first kappa shape index (κ1) is 14.5. The number of primary amides is 1. The fourth-order valence-corrected chi connectivity index (χ4v) is 3.19. The zero-order chi connectivity index (χ0) is 15.7. The lowest BCUT2D eigenvalue weighted by Gasteiger charge is -2.40. The number of carbonyl (C=O) groups excluding carboxylic acids is 1. The lowest BCUT2D eigenvalue weighted by Crippen LogP contribution is -2.45. The van der Waals surface area contributed by atoms with E-state index in [9.17, 15) is 4.79 Å². The molecule has 1 atom stereocenters. The quantitative estimate of drug-likeness (QED) is 0.886. The lowest BCUT2D eigenvalue weighted by atomic mass is 9.77. The van der Waals surface area contributed by atoms with E-state index in [2.05, 4.69) is 32.0 Å². The van der Waals surface area contributed by atoms with Crippen LogP contribution in [0.4, 0.5) is 5.82 Å². The number of rotatable bonds is 3. The molecule has 1 fully saturated rings. The topological polar surface area (TPSA) is 101 Å². The summed E-state index contributed by atoms with van der Waals surface area (Å²) >= 11 is 0. The Morgan fingerprint density at radius 3 is 3.05 bits per heavy atom. The number of anilines is 1. The van der Waals surface area contributed by atoms with Crippen LogP contribution in [0.5, 0.6) is 0 Å².